The van der Waals surface area contributed by atoms with E-state index in [0.717, 1.165) is 0 Å². The number of nitrogens with one attached hydrogen (secondary N) is 1. The monoisotopic (exact) mass is 165 g/mol. The average molecular weight is 165 g/mol. The first-order valence-electron chi connectivity index (χ1n) is 3.29. The molecular weight excluding hydrogens is 153 g/mol. The highest BCUT2D eigenvalue weighted by Crippen LogP contribution is 1.79. The van der Waals surface area contributed by atoms with Crippen molar-refractivity contribution in [3.05, 3.63) is 0 Å². The van der Waals surface area contributed by atoms with Gasteiger partial charge in [-0.05, 0) is 0 Å². The predicted octanol–water partition coefficient (Wildman–Crippen LogP) is 0.328. The van der Waals surface area contributed by atoms with Crippen molar-refractivity contribution in [3.8, 4) is 0 Å². The van der Waals surface area contributed by atoms with Crippen LogP contribution >= 0.6 is 0 Å². The van der Waals surface area contributed by atoms with Crippen LogP contribution in [-0.2, 0) is 9.47 Å². The highest BCUT2D eigenvalue weighted by atomic mass is 19.1. The number of halogens is 1. The molecule has 0 radical (unpaired) electrons. The van der Waals surface area contributed by atoms with Crippen molar-refractivity contribution < 1.29 is 18.7 Å². The molecule has 0 saturated carbocycles. The van der Waals surface area contributed by atoms with Crippen molar-refractivity contribution in [3.63, 3.8) is 0 Å². The molecule has 0 rings (SSSR count). The van der Waals surface area contributed by atoms with Crippen LogP contribution in [0.2, 0.25) is 0 Å². The highest BCUT2D eigenvalue weighted by molar-refractivity contribution is 5.66. The summed E-state index contributed by atoms with van der Waals surface area (Å²) in [6, 6.07) is 0. The SMILES string of the molecule is CNC(=O)OCCOCCF. The number of carbonyl (C=O) groups excluding carboxylic acids is 1. The van der Waals surface area contributed by atoms with E-state index < -0.39 is 12.8 Å². The minimum atomic E-state index is -0.514. The Morgan fingerprint density at radius 3 is 2.73 bits per heavy atom. The van der Waals surface area contributed by atoms with Gasteiger partial charge in [0, 0.05) is 7.05 Å². The summed E-state index contributed by atoms with van der Waals surface area (Å²) in [6.07, 6.45) is -0.506. The summed E-state index contributed by atoms with van der Waals surface area (Å²) in [5.74, 6) is 0. The number of rotatable bonds is 5. The lowest BCUT2D eigenvalue weighted by atomic mass is 10.7. The molecule has 0 spiro atoms. The molecule has 0 aromatic heterocycles. The van der Waals surface area contributed by atoms with Crippen molar-refractivity contribution in [2.45, 2.75) is 0 Å². The van der Waals surface area contributed by atoms with E-state index in [-0.39, 0.29) is 19.8 Å². The minimum absolute atomic E-state index is 0.0527. The smallest absolute Gasteiger partial charge is 0.406 e. The lowest BCUT2D eigenvalue weighted by Crippen LogP contribution is -2.21. The third-order valence-electron chi connectivity index (χ3n) is 0.886. The van der Waals surface area contributed by atoms with Crippen molar-refractivity contribution >= 4 is 6.09 Å². The van der Waals surface area contributed by atoms with E-state index in [4.69, 9.17) is 4.74 Å². The molecule has 1 amide bonds. The van der Waals surface area contributed by atoms with Gasteiger partial charge in [-0.3, -0.25) is 0 Å². The molecule has 5 heteroatoms. The van der Waals surface area contributed by atoms with E-state index in [1.807, 2.05) is 0 Å². The molecule has 0 aliphatic carbocycles. The fourth-order valence-electron chi connectivity index (χ4n) is 0.422. The van der Waals surface area contributed by atoms with Crippen molar-refractivity contribution in [2.24, 2.45) is 0 Å². The van der Waals surface area contributed by atoms with Crippen LogP contribution in [-0.4, -0.2) is 39.6 Å². The zero-order valence-corrected chi connectivity index (χ0v) is 6.43. The average Bonchev–Trinajstić information content (AvgIpc) is 2.04. The quantitative estimate of drug-likeness (QED) is 0.597. The van der Waals surface area contributed by atoms with Gasteiger partial charge in [-0.25, -0.2) is 9.18 Å². The molecule has 0 fully saturated rings. The van der Waals surface area contributed by atoms with Crippen LogP contribution in [0.15, 0.2) is 0 Å². The summed E-state index contributed by atoms with van der Waals surface area (Å²) in [6.45, 7) is -0.0753. The Hall–Kier alpha value is -0.840. The van der Waals surface area contributed by atoms with E-state index in [9.17, 15) is 9.18 Å². The molecular formula is C6H12FNO3. The summed E-state index contributed by atoms with van der Waals surface area (Å²) in [5, 5.41) is 2.27. The van der Waals surface area contributed by atoms with Gasteiger partial charge in [0.25, 0.3) is 0 Å². The van der Waals surface area contributed by atoms with Crippen molar-refractivity contribution in [1.29, 1.82) is 0 Å². The summed E-state index contributed by atoms with van der Waals surface area (Å²) >= 11 is 0. The van der Waals surface area contributed by atoms with Gasteiger partial charge in [0.15, 0.2) is 0 Å². The zero-order chi connectivity index (χ0) is 8.53. The van der Waals surface area contributed by atoms with Gasteiger partial charge in [0.2, 0.25) is 0 Å². The first-order chi connectivity index (χ1) is 5.31. The van der Waals surface area contributed by atoms with Gasteiger partial charge in [0.1, 0.15) is 13.3 Å². The van der Waals surface area contributed by atoms with E-state index in [2.05, 4.69) is 10.1 Å². The number of alkyl carbamates (subject to hydrolysis) is 1. The van der Waals surface area contributed by atoms with Crippen LogP contribution in [0, 0.1) is 0 Å². The van der Waals surface area contributed by atoms with Crippen molar-refractivity contribution in [1.82, 2.24) is 5.32 Å². The fraction of sp³-hybridized carbons (Fsp3) is 0.833. The molecule has 4 nitrogen and oxygen atoms in total. The normalized spacial score (nSPS) is 9.27. The second-order valence-electron chi connectivity index (χ2n) is 1.69. The van der Waals surface area contributed by atoms with Gasteiger partial charge in [-0.1, -0.05) is 0 Å². The molecule has 0 aromatic rings. The standard InChI is InChI=1S/C6H12FNO3/c1-8-6(9)11-5-4-10-3-2-7/h2-5H2,1H3,(H,8,9). The molecule has 0 unspecified atom stereocenters. The van der Waals surface area contributed by atoms with E-state index >= 15 is 0 Å². The Morgan fingerprint density at radius 2 is 2.18 bits per heavy atom. The number of amides is 1. The van der Waals surface area contributed by atoms with Gasteiger partial charge < -0.3 is 14.8 Å². The minimum Gasteiger partial charge on any atom is -0.447 e. The van der Waals surface area contributed by atoms with Crippen LogP contribution in [0.25, 0.3) is 0 Å². The second-order valence-corrected chi connectivity index (χ2v) is 1.69. The third kappa shape index (κ3) is 7.05. The molecule has 0 aromatic carbocycles. The van der Waals surface area contributed by atoms with E-state index in [0.29, 0.717) is 0 Å². The van der Waals surface area contributed by atoms with Crippen LogP contribution < -0.4 is 5.32 Å². The maximum Gasteiger partial charge on any atom is 0.406 e. The molecule has 1 N–H and O–H groups in total. The van der Waals surface area contributed by atoms with Crippen molar-refractivity contribution in [2.75, 3.05) is 33.5 Å². The van der Waals surface area contributed by atoms with Gasteiger partial charge in [-0.15, -0.1) is 0 Å². The topological polar surface area (TPSA) is 47.6 Å². The summed E-state index contributed by atoms with van der Waals surface area (Å²) in [7, 11) is 1.46. The van der Waals surface area contributed by atoms with Crippen LogP contribution in [0.3, 0.4) is 0 Å². The first-order valence-corrected chi connectivity index (χ1v) is 3.29. The Bertz CT molecular complexity index is 110. The van der Waals surface area contributed by atoms with Crippen LogP contribution in [0.1, 0.15) is 0 Å². The number of carbonyl (C=O) groups is 1. The summed E-state index contributed by atoms with van der Waals surface area (Å²) in [4.78, 5) is 10.4. The summed E-state index contributed by atoms with van der Waals surface area (Å²) < 4.78 is 20.6. The zero-order valence-electron chi connectivity index (χ0n) is 6.43. The molecule has 0 aliphatic heterocycles. The van der Waals surface area contributed by atoms with Gasteiger partial charge in [0.05, 0.1) is 13.2 Å². The molecule has 66 valence electrons. The Kier molecular flexibility index (Phi) is 6.71. The molecule has 0 aliphatic rings. The fourth-order valence-corrected chi connectivity index (χ4v) is 0.422. The lowest BCUT2D eigenvalue weighted by Gasteiger charge is -2.02. The second kappa shape index (κ2) is 7.27. The number of alkyl halides is 1. The number of hydrogen-bond donors (Lipinski definition) is 1. The molecule has 0 bridgehead atoms. The Morgan fingerprint density at radius 1 is 1.45 bits per heavy atom. The number of ether oxygens (including phenoxy) is 2. The Balaban J connectivity index is 2.95. The van der Waals surface area contributed by atoms with Crippen LogP contribution in [0.5, 0.6) is 0 Å². The van der Waals surface area contributed by atoms with Gasteiger partial charge >= 0.3 is 6.09 Å². The van der Waals surface area contributed by atoms with Gasteiger partial charge in [-0.2, -0.15) is 0 Å². The largest absolute Gasteiger partial charge is 0.447 e. The first kappa shape index (κ1) is 10.2. The molecule has 11 heavy (non-hydrogen) atoms. The lowest BCUT2D eigenvalue weighted by molar-refractivity contribution is 0.0671. The van der Waals surface area contributed by atoms with Crippen LogP contribution in [0.4, 0.5) is 9.18 Å². The Labute approximate surface area is 64.7 Å². The number of hydrogen-bond acceptors (Lipinski definition) is 3. The summed E-state index contributed by atoms with van der Waals surface area (Å²) in [5.41, 5.74) is 0. The highest BCUT2D eigenvalue weighted by Gasteiger charge is 1.95. The van der Waals surface area contributed by atoms with E-state index in [1.165, 1.54) is 7.05 Å². The molecule has 0 heterocycles. The predicted molar refractivity (Wildman–Crippen MR) is 37.2 cm³/mol. The maximum atomic E-state index is 11.4. The molecule has 0 atom stereocenters. The molecule has 0 saturated heterocycles. The third-order valence-corrected chi connectivity index (χ3v) is 0.886. The van der Waals surface area contributed by atoms with E-state index in [1.54, 1.807) is 0 Å². The maximum absolute atomic E-state index is 11.4.